The lowest BCUT2D eigenvalue weighted by Crippen LogP contribution is -2.40. The summed E-state index contributed by atoms with van der Waals surface area (Å²) in [7, 11) is 0. The standard InChI is InChI=1S/C17H23NO3/c1-4-5-6-15(17(20)21)18-16(19)8-7-14-10-12(2)9-13(3)11-14/h4,9-11,15H,1,5-8H2,2-3H3,(H,18,19)(H,20,21). The second kappa shape index (κ2) is 8.25. The Labute approximate surface area is 125 Å². The molecule has 0 fully saturated rings. The molecule has 0 spiro atoms. The van der Waals surface area contributed by atoms with Crippen molar-refractivity contribution in [2.45, 2.75) is 45.6 Å². The van der Waals surface area contributed by atoms with E-state index in [0.717, 1.165) is 5.56 Å². The minimum Gasteiger partial charge on any atom is -0.480 e. The van der Waals surface area contributed by atoms with Gasteiger partial charge in [0.15, 0.2) is 0 Å². The van der Waals surface area contributed by atoms with Crippen molar-refractivity contribution in [3.8, 4) is 0 Å². The molecule has 0 bridgehead atoms. The molecular weight excluding hydrogens is 266 g/mol. The molecule has 0 heterocycles. The fraction of sp³-hybridized carbons (Fsp3) is 0.412. The van der Waals surface area contributed by atoms with Gasteiger partial charge in [-0.15, -0.1) is 6.58 Å². The van der Waals surface area contributed by atoms with Gasteiger partial charge in [0, 0.05) is 6.42 Å². The second-order valence-corrected chi connectivity index (χ2v) is 5.32. The summed E-state index contributed by atoms with van der Waals surface area (Å²) in [5.41, 5.74) is 3.43. The summed E-state index contributed by atoms with van der Waals surface area (Å²) in [6.45, 7) is 7.60. The number of rotatable bonds is 8. The zero-order chi connectivity index (χ0) is 15.8. The van der Waals surface area contributed by atoms with Crippen LogP contribution in [0.15, 0.2) is 30.9 Å². The normalized spacial score (nSPS) is 11.7. The molecule has 0 aliphatic heterocycles. The lowest BCUT2D eigenvalue weighted by Gasteiger charge is -2.13. The first kappa shape index (κ1) is 17.0. The molecule has 0 aromatic heterocycles. The quantitative estimate of drug-likeness (QED) is 0.723. The molecule has 0 aliphatic rings. The van der Waals surface area contributed by atoms with E-state index in [4.69, 9.17) is 5.11 Å². The second-order valence-electron chi connectivity index (χ2n) is 5.32. The monoisotopic (exact) mass is 289 g/mol. The predicted molar refractivity (Wildman–Crippen MR) is 83.2 cm³/mol. The number of carbonyl (C=O) groups is 2. The van der Waals surface area contributed by atoms with Gasteiger partial charge in [-0.1, -0.05) is 35.4 Å². The summed E-state index contributed by atoms with van der Waals surface area (Å²) in [5, 5.41) is 11.6. The molecule has 1 aromatic carbocycles. The zero-order valence-electron chi connectivity index (χ0n) is 12.7. The third-order valence-electron chi connectivity index (χ3n) is 3.21. The Morgan fingerprint density at radius 3 is 2.43 bits per heavy atom. The van der Waals surface area contributed by atoms with Crippen LogP contribution in [0.25, 0.3) is 0 Å². The number of benzene rings is 1. The van der Waals surface area contributed by atoms with Crippen LogP contribution < -0.4 is 5.32 Å². The van der Waals surface area contributed by atoms with E-state index in [9.17, 15) is 9.59 Å². The molecule has 1 unspecified atom stereocenters. The Morgan fingerprint density at radius 1 is 1.29 bits per heavy atom. The van der Waals surface area contributed by atoms with Gasteiger partial charge in [-0.05, 0) is 38.7 Å². The van der Waals surface area contributed by atoms with Crippen LogP contribution in [0.1, 0.15) is 36.0 Å². The summed E-state index contributed by atoms with van der Waals surface area (Å²) in [6, 6.07) is 5.34. The first-order chi connectivity index (χ1) is 9.92. The van der Waals surface area contributed by atoms with Crippen molar-refractivity contribution in [3.05, 3.63) is 47.5 Å². The van der Waals surface area contributed by atoms with Crippen LogP contribution in [0.3, 0.4) is 0 Å². The highest BCUT2D eigenvalue weighted by atomic mass is 16.4. The summed E-state index contributed by atoms with van der Waals surface area (Å²) >= 11 is 0. The average Bonchev–Trinajstić information content (AvgIpc) is 2.39. The highest BCUT2D eigenvalue weighted by molar-refractivity contribution is 5.83. The van der Waals surface area contributed by atoms with Gasteiger partial charge in [-0.2, -0.15) is 0 Å². The molecule has 0 saturated heterocycles. The summed E-state index contributed by atoms with van der Waals surface area (Å²) < 4.78 is 0. The number of amides is 1. The Balaban J connectivity index is 2.52. The average molecular weight is 289 g/mol. The lowest BCUT2D eigenvalue weighted by molar-refractivity contribution is -0.142. The maximum Gasteiger partial charge on any atom is 0.326 e. The Kier molecular flexibility index (Phi) is 6.66. The fourth-order valence-electron chi connectivity index (χ4n) is 2.28. The van der Waals surface area contributed by atoms with Gasteiger partial charge in [-0.25, -0.2) is 4.79 Å². The number of carbonyl (C=O) groups excluding carboxylic acids is 1. The summed E-state index contributed by atoms with van der Waals surface area (Å²) in [4.78, 5) is 22.9. The van der Waals surface area contributed by atoms with E-state index in [1.807, 2.05) is 26.0 Å². The Bertz CT molecular complexity index is 503. The van der Waals surface area contributed by atoms with E-state index in [1.165, 1.54) is 11.1 Å². The van der Waals surface area contributed by atoms with Crippen LogP contribution in [0, 0.1) is 13.8 Å². The van der Waals surface area contributed by atoms with Crippen molar-refractivity contribution < 1.29 is 14.7 Å². The van der Waals surface area contributed by atoms with Crippen LogP contribution in [0.5, 0.6) is 0 Å². The smallest absolute Gasteiger partial charge is 0.326 e. The summed E-state index contributed by atoms with van der Waals surface area (Å²) in [5.74, 6) is -1.23. The minimum absolute atomic E-state index is 0.231. The number of carboxylic acids is 1. The van der Waals surface area contributed by atoms with Gasteiger partial charge in [0.25, 0.3) is 0 Å². The molecule has 0 radical (unpaired) electrons. The number of carboxylic acid groups (broad SMARTS) is 1. The van der Waals surface area contributed by atoms with E-state index in [2.05, 4.69) is 18.0 Å². The van der Waals surface area contributed by atoms with Crippen LogP contribution in [-0.4, -0.2) is 23.0 Å². The third-order valence-corrected chi connectivity index (χ3v) is 3.21. The highest BCUT2D eigenvalue weighted by Gasteiger charge is 2.18. The number of nitrogens with one attached hydrogen (secondary N) is 1. The van der Waals surface area contributed by atoms with Crippen molar-refractivity contribution in [3.63, 3.8) is 0 Å². The van der Waals surface area contributed by atoms with E-state index in [1.54, 1.807) is 6.08 Å². The topological polar surface area (TPSA) is 66.4 Å². The predicted octanol–water partition coefficient (Wildman–Crippen LogP) is 2.77. The first-order valence-electron chi connectivity index (χ1n) is 7.12. The number of hydrogen-bond acceptors (Lipinski definition) is 2. The lowest BCUT2D eigenvalue weighted by atomic mass is 10.0. The number of aryl methyl sites for hydroxylation is 3. The molecule has 114 valence electrons. The number of allylic oxidation sites excluding steroid dienone is 1. The summed E-state index contributed by atoms with van der Waals surface area (Å²) in [6.07, 6.45) is 3.49. The molecular formula is C17H23NO3. The maximum atomic E-state index is 11.9. The van der Waals surface area contributed by atoms with Gasteiger partial charge < -0.3 is 10.4 Å². The van der Waals surface area contributed by atoms with Crippen LogP contribution >= 0.6 is 0 Å². The van der Waals surface area contributed by atoms with E-state index < -0.39 is 12.0 Å². The third kappa shape index (κ3) is 6.25. The zero-order valence-corrected chi connectivity index (χ0v) is 12.7. The van der Waals surface area contributed by atoms with Gasteiger partial charge in [0.1, 0.15) is 6.04 Å². The molecule has 0 saturated carbocycles. The van der Waals surface area contributed by atoms with E-state index >= 15 is 0 Å². The van der Waals surface area contributed by atoms with Gasteiger partial charge in [0.05, 0.1) is 0 Å². The molecule has 4 heteroatoms. The van der Waals surface area contributed by atoms with E-state index in [0.29, 0.717) is 25.7 Å². The molecule has 21 heavy (non-hydrogen) atoms. The van der Waals surface area contributed by atoms with E-state index in [-0.39, 0.29) is 5.91 Å². The fourth-order valence-corrected chi connectivity index (χ4v) is 2.28. The van der Waals surface area contributed by atoms with Crippen molar-refractivity contribution >= 4 is 11.9 Å². The molecule has 1 amide bonds. The van der Waals surface area contributed by atoms with Crippen molar-refractivity contribution in [2.24, 2.45) is 0 Å². The molecule has 0 aliphatic carbocycles. The van der Waals surface area contributed by atoms with Gasteiger partial charge >= 0.3 is 5.97 Å². The SMILES string of the molecule is C=CCCC(NC(=O)CCc1cc(C)cc(C)c1)C(=O)O. The molecule has 1 aromatic rings. The van der Waals surface area contributed by atoms with Crippen LogP contribution in [0.2, 0.25) is 0 Å². The molecule has 1 rings (SSSR count). The van der Waals surface area contributed by atoms with Crippen molar-refractivity contribution in [2.75, 3.05) is 0 Å². The van der Waals surface area contributed by atoms with Gasteiger partial charge in [0.2, 0.25) is 5.91 Å². The van der Waals surface area contributed by atoms with Crippen molar-refractivity contribution in [1.29, 1.82) is 0 Å². The van der Waals surface area contributed by atoms with Crippen LogP contribution in [-0.2, 0) is 16.0 Å². The van der Waals surface area contributed by atoms with Gasteiger partial charge in [-0.3, -0.25) is 4.79 Å². The Hall–Kier alpha value is -2.10. The number of hydrogen-bond donors (Lipinski definition) is 2. The Morgan fingerprint density at radius 2 is 1.90 bits per heavy atom. The van der Waals surface area contributed by atoms with Crippen LogP contribution in [0.4, 0.5) is 0 Å². The minimum atomic E-state index is -1.00. The molecule has 2 N–H and O–H groups in total. The first-order valence-corrected chi connectivity index (χ1v) is 7.12. The molecule has 1 atom stereocenters. The molecule has 4 nitrogen and oxygen atoms in total. The number of aliphatic carboxylic acids is 1. The highest BCUT2D eigenvalue weighted by Crippen LogP contribution is 2.11. The largest absolute Gasteiger partial charge is 0.480 e. The van der Waals surface area contributed by atoms with Crippen molar-refractivity contribution in [1.82, 2.24) is 5.32 Å². The maximum absolute atomic E-state index is 11.9.